The highest BCUT2D eigenvalue weighted by Crippen LogP contribution is 2.37. The first kappa shape index (κ1) is 43.0. The van der Waals surface area contributed by atoms with E-state index in [1.54, 1.807) is 24.4 Å². The van der Waals surface area contributed by atoms with Crippen LogP contribution in [0.5, 0.6) is 11.5 Å². The molecule has 7 aromatic rings. The quantitative estimate of drug-likeness (QED) is 0.0696. The number of nitrogens with one attached hydrogen (secondary N) is 2. The molecule has 19 nitrogen and oxygen atoms in total. The number of fused-ring (bicyclic) bond motifs is 2. The molecular weight excluding hydrogens is 819 g/mol. The lowest BCUT2D eigenvalue weighted by Crippen LogP contribution is -2.39. The van der Waals surface area contributed by atoms with Crippen LogP contribution in [0.4, 0.5) is 23.1 Å². The normalized spacial score (nSPS) is 13.8. The second kappa shape index (κ2) is 18.0. The third-order valence-electron chi connectivity index (χ3n) is 11.9. The van der Waals surface area contributed by atoms with E-state index in [-0.39, 0.29) is 53.8 Å². The summed E-state index contributed by atoms with van der Waals surface area (Å²) >= 11 is 0. The molecule has 1 saturated heterocycles. The molecule has 3 aromatic carbocycles. The molecule has 0 unspecified atom stereocenters. The lowest BCUT2D eigenvalue weighted by Gasteiger charge is -2.32. The highest BCUT2D eigenvalue weighted by Gasteiger charge is 2.26. The Balaban J connectivity index is 0.812. The van der Waals surface area contributed by atoms with Gasteiger partial charge in [-0.2, -0.15) is 15.1 Å². The van der Waals surface area contributed by atoms with Crippen molar-refractivity contribution in [3.8, 4) is 28.6 Å². The fourth-order valence-corrected chi connectivity index (χ4v) is 8.36. The van der Waals surface area contributed by atoms with Crippen LogP contribution in [0.3, 0.4) is 0 Å². The number of hydrogen-bond acceptors (Lipinski definition) is 14. The predicted molar refractivity (Wildman–Crippen MR) is 243 cm³/mol. The highest BCUT2D eigenvalue weighted by molar-refractivity contribution is 5.84. The minimum atomic E-state index is -1.03. The summed E-state index contributed by atoms with van der Waals surface area (Å²) in [5.41, 5.74) is 16.6. The van der Waals surface area contributed by atoms with Gasteiger partial charge in [-0.15, -0.1) is 0 Å². The van der Waals surface area contributed by atoms with Crippen molar-refractivity contribution >= 4 is 57.1 Å². The maximum Gasteiger partial charge on any atom is 0.348 e. The summed E-state index contributed by atoms with van der Waals surface area (Å²) in [6.45, 7) is 6.30. The number of H-pyrrole nitrogens is 1. The molecule has 0 radical (unpaired) electrons. The van der Waals surface area contributed by atoms with E-state index in [0.717, 1.165) is 42.4 Å². The van der Waals surface area contributed by atoms with E-state index in [1.165, 1.54) is 10.6 Å². The average molecular weight is 870 g/mol. The lowest BCUT2D eigenvalue weighted by atomic mass is 9.93. The van der Waals surface area contributed by atoms with Crippen LogP contribution < -0.4 is 27.4 Å². The summed E-state index contributed by atoms with van der Waals surface area (Å²) in [5, 5.41) is 41.8. The number of benzene rings is 3. The number of amides is 1. The van der Waals surface area contributed by atoms with Gasteiger partial charge in [-0.05, 0) is 97.7 Å². The molecule has 0 bridgehead atoms. The molecule has 64 heavy (non-hydrogen) atoms. The van der Waals surface area contributed by atoms with Gasteiger partial charge < -0.3 is 46.5 Å². The number of carbonyl (C=O) groups excluding carboxylic acids is 1. The molecule has 4 aromatic heterocycles. The van der Waals surface area contributed by atoms with Crippen molar-refractivity contribution in [2.24, 2.45) is 5.92 Å². The molecule has 9 N–H and O–H groups in total. The topological polar surface area (TPSA) is 273 Å². The van der Waals surface area contributed by atoms with Crippen LogP contribution in [-0.4, -0.2) is 97.5 Å². The number of phenols is 2. The zero-order valence-corrected chi connectivity index (χ0v) is 35.8. The smallest absolute Gasteiger partial charge is 0.348 e. The number of hydrogen-bond donors (Lipinski definition) is 7. The Bertz CT molecular complexity index is 2900. The number of nitrogen functional groups attached to an aromatic ring is 2. The molecule has 1 aliphatic rings. The molecule has 0 spiro atoms. The first-order valence-electron chi connectivity index (χ1n) is 21.2. The summed E-state index contributed by atoms with van der Waals surface area (Å²) in [5.74, 6) is -0.466. The van der Waals surface area contributed by atoms with Crippen molar-refractivity contribution in [3.05, 3.63) is 94.8 Å². The molecule has 1 fully saturated rings. The summed E-state index contributed by atoms with van der Waals surface area (Å²) in [4.78, 5) is 59.2. The number of phenolic OH excluding ortho intramolecular Hbond substituents is 2. The van der Waals surface area contributed by atoms with E-state index in [0.29, 0.717) is 64.9 Å². The fraction of sp³-hybridized carbons (Fsp3) is 0.333. The lowest BCUT2D eigenvalue weighted by molar-refractivity contribution is -0.138. The van der Waals surface area contributed by atoms with Gasteiger partial charge in [0.15, 0.2) is 22.8 Å². The molecule has 1 aliphatic heterocycles. The minimum Gasteiger partial charge on any atom is -0.508 e. The number of anilines is 4. The molecule has 0 saturated carbocycles. The van der Waals surface area contributed by atoms with E-state index in [4.69, 9.17) is 11.5 Å². The van der Waals surface area contributed by atoms with E-state index in [2.05, 4.69) is 40.0 Å². The molecule has 19 heteroatoms. The number of likely N-dealkylation sites (tertiary alicyclic amines) is 1. The van der Waals surface area contributed by atoms with Gasteiger partial charge >= 0.3 is 11.7 Å². The molecular formula is C45H51N13O6. The third kappa shape index (κ3) is 9.09. The van der Waals surface area contributed by atoms with Crippen molar-refractivity contribution in [2.45, 2.75) is 71.0 Å². The number of rotatable bonds is 15. The molecule has 5 heterocycles. The molecule has 0 aliphatic carbocycles. The number of aromatic amines is 1. The number of aromatic hydroxyl groups is 2. The number of nitrogens with zero attached hydrogens (tertiary/aromatic N) is 9. The Morgan fingerprint density at radius 3 is 2.48 bits per heavy atom. The summed E-state index contributed by atoms with van der Waals surface area (Å²) in [6.07, 6.45) is 6.53. The van der Waals surface area contributed by atoms with Crippen LogP contribution in [0.25, 0.3) is 39.1 Å². The summed E-state index contributed by atoms with van der Waals surface area (Å²) in [7, 11) is 1.90. The number of carboxylic acid groups (broad SMARTS) is 1. The van der Waals surface area contributed by atoms with Gasteiger partial charge in [0.2, 0.25) is 11.9 Å². The average Bonchev–Trinajstić information content (AvgIpc) is 3.86. The van der Waals surface area contributed by atoms with E-state index in [9.17, 15) is 29.7 Å². The molecule has 8 rings (SSSR count). The zero-order valence-electron chi connectivity index (χ0n) is 35.8. The SMILES string of the molecule is CC(C)c1cc(-c2n[nH]c(=O)n2-c2ccc3c(ccn3CCC3CCN(C(=O)CC[C@H](Nc4ccc(N(C)Cc5cnc6nc(N)nc(N)c6n5)cc4)C(=O)O)CC3)c2)c(O)cc1O. The van der Waals surface area contributed by atoms with Crippen molar-refractivity contribution in [2.75, 3.05) is 41.8 Å². The predicted octanol–water partition coefficient (Wildman–Crippen LogP) is 5.23. The Morgan fingerprint density at radius 1 is 0.984 bits per heavy atom. The fourth-order valence-electron chi connectivity index (χ4n) is 8.36. The summed E-state index contributed by atoms with van der Waals surface area (Å²) in [6, 6.07) is 17.1. The number of piperidine rings is 1. The maximum absolute atomic E-state index is 13.3. The van der Waals surface area contributed by atoms with Crippen LogP contribution in [0.1, 0.15) is 63.1 Å². The largest absolute Gasteiger partial charge is 0.508 e. The monoisotopic (exact) mass is 869 g/mol. The standard InChI is InChI=1S/C45H51N13O6/c1-25(2)32-21-33(37(60)22-36(32)59)42-53-54-45(64)58(42)31-8-10-35-27(20-31)15-19-56(35)16-12-26-13-17-57(18-14-26)38(61)11-9-34(43(62)63)49-28-4-6-30(7-5-28)55(3)24-29-23-48-41-39(50-29)40(46)51-44(47)52-41/h4-8,10,15,19-23,25-26,34,49,59-60H,9,11-14,16-18,24H2,1-3H3,(H,54,64)(H,62,63)(H4,46,47,48,51,52)/t34-/m0/s1. The van der Waals surface area contributed by atoms with Crippen LogP contribution >= 0.6 is 0 Å². The van der Waals surface area contributed by atoms with Crippen molar-refractivity contribution in [3.63, 3.8) is 0 Å². The number of carboxylic acids is 1. The first-order chi connectivity index (χ1) is 30.7. The van der Waals surface area contributed by atoms with E-state index < -0.39 is 17.7 Å². The van der Waals surface area contributed by atoms with Gasteiger partial charge in [0.1, 0.15) is 17.5 Å². The number of carbonyl (C=O) groups is 2. The second-order valence-corrected chi connectivity index (χ2v) is 16.6. The Hall–Kier alpha value is -7.70. The summed E-state index contributed by atoms with van der Waals surface area (Å²) < 4.78 is 3.60. The molecule has 1 atom stereocenters. The van der Waals surface area contributed by atoms with E-state index in [1.807, 2.05) is 73.3 Å². The van der Waals surface area contributed by atoms with Gasteiger partial charge in [0.25, 0.3) is 0 Å². The van der Waals surface area contributed by atoms with Crippen LogP contribution in [0.2, 0.25) is 0 Å². The van der Waals surface area contributed by atoms with Crippen LogP contribution in [0, 0.1) is 5.92 Å². The van der Waals surface area contributed by atoms with E-state index >= 15 is 0 Å². The van der Waals surface area contributed by atoms with Gasteiger partial charge in [-0.1, -0.05) is 13.8 Å². The van der Waals surface area contributed by atoms with Gasteiger partial charge in [-0.25, -0.2) is 29.2 Å². The number of aryl methyl sites for hydroxylation is 1. The van der Waals surface area contributed by atoms with Crippen molar-refractivity contribution in [1.29, 1.82) is 0 Å². The minimum absolute atomic E-state index is 0.0186. The van der Waals surface area contributed by atoms with Crippen molar-refractivity contribution in [1.82, 2.24) is 44.2 Å². The third-order valence-corrected chi connectivity index (χ3v) is 11.9. The molecule has 332 valence electrons. The number of aromatic nitrogens is 8. The van der Waals surface area contributed by atoms with Gasteiger partial charge in [0, 0.05) is 67.6 Å². The van der Waals surface area contributed by atoms with Gasteiger partial charge in [-0.3, -0.25) is 4.79 Å². The maximum atomic E-state index is 13.3. The number of aliphatic carboxylic acids is 1. The highest BCUT2D eigenvalue weighted by atomic mass is 16.4. The van der Waals surface area contributed by atoms with Crippen LogP contribution in [0.15, 0.2) is 77.9 Å². The Labute approximate surface area is 367 Å². The second-order valence-electron chi connectivity index (χ2n) is 16.6. The van der Waals surface area contributed by atoms with Gasteiger partial charge in [0.05, 0.1) is 29.7 Å². The number of nitrogens with two attached hydrogens (primary N) is 2. The van der Waals surface area contributed by atoms with Crippen LogP contribution in [-0.2, 0) is 22.7 Å². The molecule has 1 amide bonds. The Morgan fingerprint density at radius 2 is 1.75 bits per heavy atom. The Kier molecular flexibility index (Phi) is 12.1. The zero-order chi connectivity index (χ0) is 45.2. The van der Waals surface area contributed by atoms with Crippen molar-refractivity contribution < 1.29 is 24.9 Å². The first-order valence-corrected chi connectivity index (χ1v) is 21.2.